The average molecular weight is 264 g/mol. The highest BCUT2D eigenvalue weighted by Gasteiger charge is 2.35. The van der Waals surface area contributed by atoms with E-state index in [4.69, 9.17) is 10.8 Å². The van der Waals surface area contributed by atoms with E-state index in [1.165, 1.54) is 11.4 Å². The Morgan fingerprint density at radius 2 is 2.12 bits per heavy atom. The van der Waals surface area contributed by atoms with Gasteiger partial charge in [-0.05, 0) is 25.3 Å². The van der Waals surface area contributed by atoms with Crippen LogP contribution in [0, 0.1) is 5.92 Å². The second-order valence-electron chi connectivity index (χ2n) is 4.47. The van der Waals surface area contributed by atoms with Crippen molar-refractivity contribution in [2.24, 2.45) is 11.7 Å². The Kier molecular flexibility index (Phi) is 4.91. The third kappa shape index (κ3) is 3.65. The number of hydrogen-bond acceptors (Lipinski definition) is 4. The van der Waals surface area contributed by atoms with Crippen LogP contribution in [0.1, 0.15) is 25.7 Å². The molecular weight excluding hydrogens is 244 g/mol. The van der Waals surface area contributed by atoms with Crippen molar-refractivity contribution in [1.29, 1.82) is 0 Å². The van der Waals surface area contributed by atoms with Crippen LogP contribution >= 0.6 is 0 Å². The molecule has 100 valence electrons. The molecule has 1 fully saturated rings. The van der Waals surface area contributed by atoms with Crippen molar-refractivity contribution >= 4 is 16.0 Å². The Hall–Kier alpha value is -0.660. The normalized spacial score (nSPS) is 25.4. The third-order valence-electron chi connectivity index (χ3n) is 3.40. The largest absolute Gasteiger partial charge is 0.481 e. The average Bonchev–Trinajstić information content (AvgIpc) is 2.73. The summed E-state index contributed by atoms with van der Waals surface area (Å²) in [6, 6.07) is -0.0706. The van der Waals surface area contributed by atoms with E-state index in [0.29, 0.717) is 6.54 Å². The molecular formula is C10H20N2O4S. The highest BCUT2D eigenvalue weighted by Crippen LogP contribution is 2.30. The Bertz CT molecular complexity index is 369. The van der Waals surface area contributed by atoms with Gasteiger partial charge in [-0.3, -0.25) is 4.79 Å². The first-order valence-electron chi connectivity index (χ1n) is 5.76. The molecule has 1 aliphatic carbocycles. The highest BCUT2D eigenvalue weighted by molar-refractivity contribution is 7.89. The molecule has 0 spiro atoms. The maximum absolute atomic E-state index is 11.9. The maximum Gasteiger partial charge on any atom is 0.304 e. The van der Waals surface area contributed by atoms with E-state index < -0.39 is 16.0 Å². The first-order chi connectivity index (χ1) is 7.88. The fourth-order valence-corrected chi connectivity index (χ4v) is 3.75. The second kappa shape index (κ2) is 5.79. The quantitative estimate of drug-likeness (QED) is 0.695. The van der Waals surface area contributed by atoms with Crippen molar-refractivity contribution in [3.63, 3.8) is 0 Å². The van der Waals surface area contributed by atoms with Gasteiger partial charge in [0.1, 0.15) is 0 Å². The van der Waals surface area contributed by atoms with E-state index in [9.17, 15) is 13.2 Å². The molecule has 3 N–H and O–H groups in total. The van der Waals surface area contributed by atoms with E-state index >= 15 is 0 Å². The van der Waals surface area contributed by atoms with Crippen molar-refractivity contribution in [3.05, 3.63) is 0 Å². The maximum atomic E-state index is 11.9. The molecule has 1 aliphatic rings. The van der Waals surface area contributed by atoms with Crippen LogP contribution in [0.3, 0.4) is 0 Å². The summed E-state index contributed by atoms with van der Waals surface area (Å²) < 4.78 is 25.1. The van der Waals surface area contributed by atoms with Crippen molar-refractivity contribution in [3.8, 4) is 0 Å². The van der Waals surface area contributed by atoms with Gasteiger partial charge in [-0.2, -0.15) is 0 Å². The van der Waals surface area contributed by atoms with Gasteiger partial charge in [0.15, 0.2) is 0 Å². The Morgan fingerprint density at radius 3 is 2.65 bits per heavy atom. The number of nitrogens with zero attached hydrogens (tertiary/aromatic N) is 1. The summed E-state index contributed by atoms with van der Waals surface area (Å²) >= 11 is 0. The van der Waals surface area contributed by atoms with Crippen LogP contribution in [0.4, 0.5) is 0 Å². The minimum Gasteiger partial charge on any atom is -0.481 e. The molecule has 2 unspecified atom stereocenters. The predicted octanol–water partition coefficient (Wildman–Crippen LogP) is -0.150. The summed E-state index contributed by atoms with van der Waals surface area (Å²) in [6.07, 6.45) is 2.38. The number of aliphatic carboxylic acids is 1. The standard InChI is InChI=1S/C10H20N2O4S/c1-12(9-4-2-3-8(9)7-11)17(15,16)6-5-10(13)14/h8-9H,2-7,11H2,1H3,(H,13,14). The molecule has 2 atom stereocenters. The number of rotatable bonds is 6. The zero-order valence-electron chi connectivity index (χ0n) is 10.0. The molecule has 0 aromatic rings. The van der Waals surface area contributed by atoms with Crippen LogP contribution < -0.4 is 5.73 Å². The molecule has 1 saturated carbocycles. The van der Waals surface area contributed by atoms with E-state index in [1.54, 1.807) is 0 Å². The van der Waals surface area contributed by atoms with Gasteiger partial charge in [-0.1, -0.05) is 6.42 Å². The monoisotopic (exact) mass is 264 g/mol. The minimum absolute atomic E-state index is 0.0706. The molecule has 0 amide bonds. The van der Waals surface area contributed by atoms with Gasteiger partial charge in [0.25, 0.3) is 0 Å². The number of carboxylic acid groups (broad SMARTS) is 1. The zero-order chi connectivity index (χ0) is 13.1. The van der Waals surface area contributed by atoms with Crippen LogP contribution in [-0.2, 0) is 14.8 Å². The van der Waals surface area contributed by atoms with E-state index in [-0.39, 0.29) is 24.1 Å². The SMILES string of the molecule is CN(C1CCCC1CN)S(=O)(=O)CCC(=O)O. The molecule has 0 radical (unpaired) electrons. The van der Waals surface area contributed by atoms with Crippen LogP contribution in [-0.4, -0.2) is 49.2 Å². The number of carbonyl (C=O) groups is 1. The fraction of sp³-hybridized carbons (Fsp3) is 0.900. The lowest BCUT2D eigenvalue weighted by Gasteiger charge is -2.28. The summed E-state index contributed by atoms with van der Waals surface area (Å²) in [5.41, 5.74) is 5.61. The smallest absolute Gasteiger partial charge is 0.304 e. The Morgan fingerprint density at radius 1 is 1.47 bits per heavy atom. The first kappa shape index (κ1) is 14.4. The molecule has 17 heavy (non-hydrogen) atoms. The van der Waals surface area contributed by atoms with Crippen LogP contribution in [0.2, 0.25) is 0 Å². The van der Waals surface area contributed by atoms with Crippen molar-refractivity contribution in [2.75, 3.05) is 19.3 Å². The molecule has 0 aromatic heterocycles. The van der Waals surface area contributed by atoms with Gasteiger partial charge in [-0.25, -0.2) is 12.7 Å². The number of nitrogens with two attached hydrogens (primary N) is 1. The highest BCUT2D eigenvalue weighted by atomic mass is 32.2. The van der Waals surface area contributed by atoms with Crippen molar-refractivity contribution in [2.45, 2.75) is 31.7 Å². The number of sulfonamides is 1. The van der Waals surface area contributed by atoms with Crippen LogP contribution in [0.5, 0.6) is 0 Å². The number of carboxylic acids is 1. The second-order valence-corrected chi connectivity index (χ2v) is 6.62. The Balaban J connectivity index is 2.67. The predicted molar refractivity (Wildman–Crippen MR) is 64.0 cm³/mol. The summed E-state index contributed by atoms with van der Waals surface area (Å²) in [7, 11) is -1.96. The molecule has 0 bridgehead atoms. The molecule has 0 aliphatic heterocycles. The van der Waals surface area contributed by atoms with E-state index in [2.05, 4.69) is 0 Å². The summed E-state index contributed by atoms with van der Waals surface area (Å²) in [5.74, 6) is -1.24. The van der Waals surface area contributed by atoms with E-state index in [1.807, 2.05) is 0 Å². The topological polar surface area (TPSA) is 101 Å². The van der Waals surface area contributed by atoms with Gasteiger partial charge in [0.2, 0.25) is 10.0 Å². The summed E-state index contributed by atoms with van der Waals surface area (Å²) in [4.78, 5) is 10.4. The van der Waals surface area contributed by atoms with Crippen LogP contribution in [0.25, 0.3) is 0 Å². The van der Waals surface area contributed by atoms with Gasteiger partial charge in [-0.15, -0.1) is 0 Å². The lowest BCUT2D eigenvalue weighted by molar-refractivity contribution is -0.136. The molecule has 6 nitrogen and oxygen atoms in total. The zero-order valence-corrected chi connectivity index (χ0v) is 10.8. The van der Waals surface area contributed by atoms with Gasteiger partial charge in [0.05, 0.1) is 12.2 Å². The van der Waals surface area contributed by atoms with Crippen LogP contribution in [0.15, 0.2) is 0 Å². The molecule has 1 rings (SSSR count). The summed E-state index contributed by atoms with van der Waals surface area (Å²) in [5, 5.41) is 8.52. The molecule has 7 heteroatoms. The molecule has 0 aromatic carbocycles. The minimum atomic E-state index is -3.48. The number of hydrogen-bond donors (Lipinski definition) is 2. The molecule has 0 heterocycles. The van der Waals surface area contributed by atoms with Gasteiger partial charge in [0, 0.05) is 13.1 Å². The van der Waals surface area contributed by atoms with Crippen molar-refractivity contribution < 1.29 is 18.3 Å². The summed E-state index contributed by atoms with van der Waals surface area (Å²) in [6.45, 7) is 0.476. The van der Waals surface area contributed by atoms with Gasteiger partial charge >= 0.3 is 5.97 Å². The fourth-order valence-electron chi connectivity index (χ4n) is 2.34. The lowest BCUT2D eigenvalue weighted by Crippen LogP contribution is -2.42. The first-order valence-corrected chi connectivity index (χ1v) is 7.37. The molecule has 0 saturated heterocycles. The third-order valence-corrected chi connectivity index (χ3v) is 5.27. The van der Waals surface area contributed by atoms with E-state index in [0.717, 1.165) is 19.3 Å². The van der Waals surface area contributed by atoms with Crippen molar-refractivity contribution in [1.82, 2.24) is 4.31 Å². The Labute approximate surface area is 102 Å². The van der Waals surface area contributed by atoms with Gasteiger partial charge < -0.3 is 10.8 Å². The lowest BCUT2D eigenvalue weighted by atomic mass is 10.0.